The van der Waals surface area contributed by atoms with Gasteiger partial charge in [-0.15, -0.1) is 0 Å². The fourth-order valence-corrected chi connectivity index (χ4v) is 2.33. The summed E-state index contributed by atoms with van der Waals surface area (Å²) in [5, 5.41) is 9.26. The van der Waals surface area contributed by atoms with E-state index in [0.717, 1.165) is 5.56 Å². The number of carboxylic acids is 1. The number of hydrogen-bond acceptors (Lipinski definition) is 3. The number of nitrogens with zero attached hydrogens (tertiary/aromatic N) is 1. The molecule has 3 N–H and O–H groups in total. The number of aromatic carboxylic acids is 1. The maximum absolute atomic E-state index is 12.8. The molecule has 0 aromatic heterocycles. The number of primary amides is 1. The molecule has 0 spiro atoms. The van der Waals surface area contributed by atoms with E-state index in [1.165, 1.54) is 17.0 Å². The van der Waals surface area contributed by atoms with E-state index in [4.69, 9.17) is 5.73 Å². The zero-order valence-corrected chi connectivity index (χ0v) is 13.0. The Morgan fingerprint density at radius 2 is 1.50 bits per heavy atom. The third-order valence-corrected chi connectivity index (χ3v) is 3.52. The molecule has 0 heterocycles. The second kappa shape index (κ2) is 7.92. The highest BCUT2D eigenvalue weighted by Crippen LogP contribution is 2.15. The Bertz CT molecular complexity index is 744. The van der Waals surface area contributed by atoms with Crippen LogP contribution in [0.3, 0.4) is 0 Å². The first-order chi connectivity index (χ1) is 11.5. The molecule has 0 bridgehead atoms. The first-order valence-electron chi connectivity index (χ1n) is 7.43. The summed E-state index contributed by atoms with van der Waals surface area (Å²) >= 11 is 0. The summed E-state index contributed by atoms with van der Waals surface area (Å²) in [6.45, 7) is 0.387. The van der Waals surface area contributed by atoms with E-state index < -0.39 is 17.8 Å². The number of rotatable bonds is 7. The van der Waals surface area contributed by atoms with E-state index >= 15 is 0 Å². The van der Waals surface area contributed by atoms with Gasteiger partial charge in [-0.2, -0.15) is 0 Å². The van der Waals surface area contributed by atoms with E-state index in [9.17, 15) is 19.5 Å². The summed E-state index contributed by atoms with van der Waals surface area (Å²) < 4.78 is 0. The molecule has 6 heteroatoms. The first kappa shape index (κ1) is 17.2. The second-order valence-corrected chi connectivity index (χ2v) is 5.28. The molecule has 0 saturated carbocycles. The number of carbonyl (C=O) groups is 3. The van der Waals surface area contributed by atoms with Crippen LogP contribution in [0.25, 0.3) is 0 Å². The molecular formula is C18H18N2O4. The van der Waals surface area contributed by atoms with Crippen LogP contribution in [0.15, 0.2) is 54.6 Å². The highest BCUT2D eigenvalue weighted by molar-refractivity contribution is 6.04. The Morgan fingerprint density at radius 1 is 0.917 bits per heavy atom. The Kier molecular flexibility index (Phi) is 5.68. The summed E-state index contributed by atoms with van der Waals surface area (Å²) in [5.74, 6) is -2.14. The normalized spacial score (nSPS) is 10.2. The van der Waals surface area contributed by atoms with Gasteiger partial charge in [0, 0.05) is 19.5 Å². The van der Waals surface area contributed by atoms with Crippen molar-refractivity contribution in [2.45, 2.75) is 13.0 Å². The number of carboxylic acid groups (broad SMARTS) is 1. The zero-order chi connectivity index (χ0) is 17.5. The van der Waals surface area contributed by atoms with Gasteiger partial charge in [-0.25, -0.2) is 4.79 Å². The van der Waals surface area contributed by atoms with Crippen molar-refractivity contribution < 1.29 is 19.5 Å². The van der Waals surface area contributed by atoms with Crippen molar-refractivity contribution in [3.05, 3.63) is 71.3 Å². The second-order valence-electron chi connectivity index (χ2n) is 5.28. The van der Waals surface area contributed by atoms with Gasteiger partial charge in [-0.1, -0.05) is 42.5 Å². The molecule has 2 rings (SSSR count). The lowest BCUT2D eigenvalue weighted by Crippen LogP contribution is -2.34. The molecule has 24 heavy (non-hydrogen) atoms. The van der Waals surface area contributed by atoms with Gasteiger partial charge in [0.1, 0.15) is 0 Å². The van der Waals surface area contributed by atoms with Gasteiger partial charge in [0.2, 0.25) is 5.91 Å². The molecule has 6 nitrogen and oxygen atoms in total. The van der Waals surface area contributed by atoms with Crippen LogP contribution < -0.4 is 5.73 Å². The monoisotopic (exact) mass is 326 g/mol. The van der Waals surface area contributed by atoms with E-state index in [2.05, 4.69) is 0 Å². The van der Waals surface area contributed by atoms with Crippen LogP contribution in [0.4, 0.5) is 0 Å². The number of benzene rings is 2. The van der Waals surface area contributed by atoms with Crippen molar-refractivity contribution in [2.24, 2.45) is 5.73 Å². The van der Waals surface area contributed by atoms with Gasteiger partial charge in [0.05, 0.1) is 11.1 Å². The van der Waals surface area contributed by atoms with Crippen molar-refractivity contribution in [3.8, 4) is 0 Å². The fourth-order valence-electron chi connectivity index (χ4n) is 2.33. The Labute approximate surface area is 139 Å². The Hall–Kier alpha value is -3.15. The van der Waals surface area contributed by atoms with Crippen LogP contribution in [0.5, 0.6) is 0 Å². The minimum Gasteiger partial charge on any atom is -0.478 e. The topological polar surface area (TPSA) is 101 Å². The Morgan fingerprint density at radius 3 is 2.08 bits per heavy atom. The third kappa shape index (κ3) is 4.42. The molecule has 0 aliphatic rings. The van der Waals surface area contributed by atoms with Crippen molar-refractivity contribution in [1.82, 2.24) is 4.90 Å². The summed E-state index contributed by atoms with van der Waals surface area (Å²) in [6, 6.07) is 15.3. The quantitative estimate of drug-likeness (QED) is 0.811. The van der Waals surface area contributed by atoms with Gasteiger partial charge in [-0.3, -0.25) is 9.59 Å². The number of carbonyl (C=O) groups excluding carboxylic acids is 2. The molecule has 0 radical (unpaired) electrons. The van der Waals surface area contributed by atoms with Gasteiger partial charge in [0.25, 0.3) is 5.91 Å². The Balaban J connectivity index is 2.30. The van der Waals surface area contributed by atoms with Crippen molar-refractivity contribution in [1.29, 1.82) is 0 Å². The first-order valence-corrected chi connectivity index (χ1v) is 7.43. The lowest BCUT2D eigenvalue weighted by atomic mass is 10.1. The van der Waals surface area contributed by atoms with E-state index in [0.29, 0.717) is 0 Å². The maximum Gasteiger partial charge on any atom is 0.336 e. The summed E-state index contributed by atoms with van der Waals surface area (Å²) in [4.78, 5) is 36.6. The molecule has 0 aliphatic carbocycles. The summed E-state index contributed by atoms with van der Waals surface area (Å²) in [7, 11) is 0. The number of nitrogens with two attached hydrogens (primary N) is 1. The van der Waals surface area contributed by atoms with Gasteiger partial charge < -0.3 is 15.7 Å². The SMILES string of the molecule is NC(=O)CCN(Cc1ccccc1)C(=O)c1ccccc1C(=O)O. The predicted molar refractivity (Wildman–Crippen MR) is 88.4 cm³/mol. The van der Waals surface area contributed by atoms with Crippen molar-refractivity contribution >= 4 is 17.8 Å². The van der Waals surface area contributed by atoms with Crippen LogP contribution in [0, 0.1) is 0 Å². The molecule has 2 amide bonds. The van der Waals surface area contributed by atoms with Crippen LogP contribution in [0.1, 0.15) is 32.7 Å². The van der Waals surface area contributed by atoms with Crippen LogP contribution in [-0.4, -0.2) is 34.3 Å². The van der Waals surface area contributed by atoms with Crippen LogP contribution >= 0.6 is 0 Å². The molecule has 0 atom stereocenters. The van der Waals surface area contributed by atoms with Crippen molar-refractivity contribution in [3.63, 3.8) is 0 Å². The summed E-state index contributed by atoms with van der Waals surface area (Å²) in [5.41, 5.74) is 6.08. The fraction of sp³-hybridized carbons (Fsp3) is 0.167. The minimum atomic E-state index is -1.17. The molecule has 0 unspecified atom stereocenters. The molecular weight excluding hydrogens is 308 g/mol. The summed E-state index contributed by atoms with van der Waals surface area (Å²) in [6.07, 6.45) is 0.00775. The van der Waals surface area contributed by atoms with Crippen molar-refractivity contribution in [2.75, 3.05) is 6.54 Å². The minimum absolute atomic E-state index is 0.00775. The molecule has 0 aliphatic heterocycles. The average Bonchev–Trinajstić information content (AvgIpc) is 2.58. The number of hydrogen-bond donors (Lipinski definition) is 2. The van der Waals surface area contributed by atoms with E-state index in [-0.39, 0.29) is 30.6 Å². The number of amides is 2. The highest BCUT2D eigenvalue weighted by Gasteiger charge is 2.22. The molecule has 0 fully saturated rings. The molecule has 2 aromatic rings. The van der Waals surface area contributed by atoms with Gasteiger partial charge >= 0.3 is 5.97 Å². The lowest BCUT2D eigenvalue weighted by molar-refractivity contribution is -0.118. The van der Waals surface area contributed by atoms with Crippen LogP contribution in [-0.2, 0) is 11.3 Å². The highest BCUT2D eigenvalue weighted by atomic mass is 16.4. The van der Waals surface area contributed by atoms with Gasteiger partial charge in [-0.05, 0) is 17.7 Å². The standard InChI is InChI=1S/C18H18N2O4/c19-16(21)10-11-20(12-13-6-2-1-3-7-13)17(22)14-8-4-5-9-15(14)18(23)24/h1-9H,10-12H2,(H2,19,21)(H,23,24). The predicted octanol–water partition coefficient (Wildman–Crippen LogP) is 1.90. The zero-order valence-electron chi connectivity index (χ0n) is 13.0. The van der Waals surface area contributed by atoms with E-state index in [1.54, 1.807) is 12.1 Å². The molecule has 124 valence electrons. The average molecular weight is 326 g/mol. The molecule has 0 saturated heterocycles. The smallest absolute Gasteiger partial charge is 0.336 e. The maximum atomic E-state index is 12.8. The van der Waals surface area contributed by atoms with Crippen LogP contribution in [0.2, 0.25) is 0 Å². The lowest BCUT2D eigenvalue weighted by Gasteiger charge is -2.23. The van der Waals surface area contributed by atoms with Gasteiger partial charge in [0.15, 0.2) is 0 Å². The third-order valence-electron chi connectivity index (χ3n) is 3.52. The van der Waals surface area contributed by atoms with E-state index in [1.807, 2.05) is 30.3 Å². The molecule has 2 aromatic carbocycles. The largest absolute Gasteiger partial charge is 0.478 e.